The van der Waals surface area contributed by atoms with Gasteiger partial charge in [-0.2, -0.15) is 0 Å². The number of nitrogen functional groups attached to an aromatic ring is 1. The van der Waals surface area contributed by atoms with Crippen LogP contribution in [0.15, 0.2) is 0 Å². The van der Waals surface area contributed by atoms with Crippen LogP contribution >= 0.6 is 0 Å². The summed E-state index contributed by atoms with van der Waals surface area (Å²) < 4.78 is 2.19. The minimum absolute atomic E-state index is 0.584. The number of hydrogen-bond acceptors (Lipinski definition) is 2. The van der Waals surface area contributed by atoms with E-state index in [1.54, 1.807) is 0 Å². The van der Waals surface area contributed by atoms with E-state index in [9.17, 15) is 0 Å². The predicted molar refractivity (Wildman–Crippen MR) is 76.6 cm³/mol. The van der Waals surface area contributed by atoms with Crippen LogP contribution in [0.5, 0.6) is 0 Å². The first-order chi connectivity index (χ1) is 8.49. The summed E-state index contributed by atoms with van der Waals surface area (Å²) in [5.41, 5.74) is 7.50. The Balaban J connectivity index is 2.23. The lowest BCUT2D eigenvalue weighted by atomic mass is 9.81. The molecular weight excluding hydrogens is 222 g/mol. The molecule has 0 amide bonds. The van der Waals surface area contributed by atoms with Gasteiger partial charge in [0.2, 0.25) is 0 Å². The van der Waals surface area contributed by atoms with Crippen molar-refractivity contribution in [2.24, 2.45) is 11.8 Å². The number of aryl methyl sites for hydroxylation is 1. The Bertz CT molecular complexity index is 406. The van der Waals surface area contributed by atoms with Gasteiger partial charge in [0.25, 0.3) is 0 Å². The first kappa shape index (κ1) is 13.4. The number of imidazole rings is 1. The van der Waals surface area contributed by atoms with Crippen molar-refractivity contribution in [2.75, 3.05) is 5.73 Å². The molecule has 3 heteroatoms. The maximum atomic E-state index is 6.33. The summed E-state index contributed by atoms with van der Waals surface area (Å²) in [4.78, 5) is 4.76. The van der Waals surface area contributed by atoms with E-state index in [1.165, 1.54) is 31.4 Å². The number of hydrogen-bond donors (Lipinski definition) is 1. The Kier molecular flexibility index (Phi) is 3.98. The highest BCUT2D eigenvalue weighted by Gasteiger charge is 2.26. The third kappa shape index (κ3) is 2.70. The molecule has 1 saturated carbocycles. The van der Waals surface area contributed by atoms with Crippen molar-refractivity contribution in [3.63, 3.8) is 0 Å². The maximum Gasteiger partial charge on any atom is 0.127 e. The molecule has 0 spiro atoms. The van der Waals surface area contributed by atoms with Gasteiger partial charge in [-0.15, -0.1) is 0 Å². The summed E-state index contributed by atoms with van der Waals surface area (Å²) in [6, 6.07) is 0. The van der Waals surface area contributed by atoms with Crippen molar-refractivity contribution in [2.45, 2.75) is 65.8 Å². The van der Waals surface area contributed by atoms with Gasteiger partial charge in [0.15, 0.2) is 0 Å². The van der Waals surface area contributed by atoms with Crippen LogP contribution in [0.2, 0.25) is 0 Å². The fraction of sp³-hybridized carbons (Fsp3) is 0.800. The molecule has 1 heterocycles. The highest BCUT2D eigenvalue weighted by molar-refractivity contribution is 5.40. The van der Waals surface area contributed by atoms with Crippen molar-refractivity contribution < 1.29 is 0 Å². The molecule has 1 aromatic rings. The zero-order valence-corrected chi connectivity index (χ0v) is 12.2. The second-order valence-electron chi connectivity index (χ2n) is 6.40. The van der Waals surface area contributed by atoms with E-state index in [1.807, 2.05) is 0 Å². The SMILES string of the molecule is Cc1nc(C2CCCC(C)C2)c(N)n1CC(C)C. The molecule has 0 saturated heterocycles. The van der Waals surface area contributed by atoms with Gasteiger partial charge in [0.1, 0.15) is 11.6 Å². The standard InChI is InChI=1S/C15H27N3/c1-10(2)9-18-12(4)17-14(15(18)16)13-7-5-6-11(3)8-13/h10-11,13H,5-9,16H2,1-4H3. The first-order valence-corrected chi connectivity index (χ1v) is 7.31. The maximum absolute atomic E-state index is 6.33. The van der Waals surface area contributed by atoms with Crippen LogP contribution in [0, 0.1) is 18.8 Å². The van der Waals surface area contributed by atoms with E-state index in [0.717, 1.165) is 24.1 Å². The molecule has 0 bridgehead atoms. The van der Waals surface area contributed by atoms with E-state index < -0.39 is 0 Å². The Labute approximate surface area is 111 Å². The summed E-state index contributed by atoms with van der Waals surface area (Å²) in [5, 5.41) is 0. The molecular formula is C15H27N3. The molecule has 0 aromatic carbocycles. The molecule has 1 aliphatic carbocycles. The summed E-state index contributed by atoms with van der Waals surface area (Å²) in [6.45, 7) is 9.85. The summed E-state index contributed by atoms with van der Waals surface area (Å²) >= 11 is 0. The number of nitrogens with two attached hydrogens (primary N) is 1. The van der Waals surface area contributed by atoms with E-state index >= 15 is 0 Å². The summed E-state index contributed by atoms with van der Waals surface area (Å²) in [7, 11) is 0. The Morgan fingerprint density at radius 3 is 2.72 bits per heavy atom. The molecule has 1 aliphatic rings. The molecule has 2 N–H and O–H groups in total. The topological polar surface area (TPSA) is 43.8 Å². The van der Waals surface area contributed by atoms with Crippen LogP contribution < -0.4 is 5.73 Å². The van der Waals surface area contributed by atoms with E-state index in [0.29, 0.717) is 11.8 Å². The lowest BCUT2D eigenvalue weighted by Crippen LogP contribution is -2.14. The van der Waals surface area contributed by atoms with Crippen LogP contribution in [0.4, 0.5) is 5.82 Å². The number of nitrogens with zero attached hydrogens (tertiary/aromatic N) is 2. The van der Waals surface area contributed by atoms with E-state index in [-0.39, 0.29) is 0 Å². The number of rotatable bonds is 3. The lowest BCUT2D eigenvalue weighted by Gasteiger charge is -2.25. The van der Waals surface area contributed by atoms with Crippen LogP contribution in [0.3, 0.4) is 0 Å². The molecule has 102 valence electrons. The Morgan fingerprint density at radius 2 is 2.11 bits per heavy atom. The average Bonchev–Trinajstić information content (AvgIpc) is 2.56. The van der Waals surface area contributed by atoms with Gasteiger partial charge < -0.3 is 10.3 Å². The van der Waals surface area contributed by atoms with Gasteiger partial charge in [0.05, 0.1) is 5.69 Å². The van der Waals surface area contributed by atoms with Crippen LogP contribution in [0.1, 0.15) is 63.9 Å². The first-order valence-electron chi connectivity index (χ1n) is 7.31. The van der Waals surface area contributed by atoms with Gasteiger partial charge in [-0.3, -0.25) is 0 Å². The third-order valence-corrected chi connectivity index (χ3v) is 4.10. The Morgan fingerprint density at radius 1 is 1.39 bits per heavy atom. The van der Waals surface area contributed by atoms with Crippen molar-refractivity contribution >= 4 is 5.82 Å². The predicted octanol–water partition coefficient (Wildman–Crippen LogP) is 3.72. The Hall–Kier alpha value is -0.990. The van der Waals surface area contributed by atoms with Gasteiger partial charge in [0, 0.05) is 12.5 Å². The molecule has 2 unspecified atom stereocenters. The fourth-order valence-corrected chi connectivity index (χ4v) is 3.18. The third-order valence-electron chi connectivity index (χ3n) is 4.10. The van der Waals surface area contributed by atoms with Gasteiger partial charge >= 0.3 is 0 Å². The molecule has 2 atom stereocenters. The molecule has 1 fully saturated rings. The smallest absolute Gasteiger partial charge is 0.127 e. The normalized spacial score (nSPS) is 24.7. The zero-order chi connectivity index (χ0) is 13.3. The van der Waals surface area contributed by atoms with E-state index in [4.69, 9.17) is 10.7 Å². The summed E-state index contributed by atoms with van der Waals surface area (Å²) in [5.74, 6) is 4.01. The number of aromatic nitrogens is 2. The highest BCUT2D eigenvalue weighted by atomic mass is 15.1. The molecule has 1 aromatic heterocycles. The van der Waals surface area contributed by atoms with Crippen LogP contribution in [-0.4, -0.2) is 9.55 Å². The van der Waals surface area contributed by atoms with Crippen molar-refractivity contribution in [3.8, 4) is 0 Å². The minimum Gasteiger partial charge on any atom is -0.384 e. The second-order valence-corrected chi connectivity index (χ2v) is 6.40. The molecule has 3 nitrogen and oxygen atoms in total. The van der Waals surface area contributed by atoms with Gasteiger partial charge in [-0.1, -0.05) is 33.6 Å². The quantitative estimate of drug-likeness (QED) is 0.887. The zero-order valence-electron chi connectivity index (χ0n) is 12.2. The lowest BCUT2D eigenvalue weighted by molar-refractivity contribution is 0.341. The molecule has 2 rings (SSSR count). The fourth-order valence-electron chi connectivity index (χ4n) is 3.18. The largest absolute Gasteiger partial charge is 0.384 e. The van der Waals surface area contributed by atoms with Crippen molar-refractivity contribution in [3.05, 3.63) is 11.5 Å². The van der Waals surface area contributed by atoms with Crippen LogP contribution in [0.25, 0.3) is 0 Å². The van der Waals surface area contributed by atoms with Crippen molar-refractivity contribution in [1.82, 2.24) is 9.55 Å². The molecule has 0 radical (unpaired) electrons. The highest BCUT2D eigenvalue weighted by Crippen LogP contribution is 2.38. The van der Waals surface area contributed by atoms with Gasteiger partial charge in [-0.25, -0.2) is 4.98 Å². The van der Waals surface area contributed by atoms with Crippen molar-refractivity contribution in [1.29, 1.82) is 0 Å². The monoisotopic (exact) mass is 249 g/mol. The van der Waals surface area contributed by atoms with E-state index in [2.05, 4.69) is 32.3 Å². The molecule has 18 heavy (non-hydrogen) atoms. The second kappa shape index (κ2) is 5.33. The van der Waals surface area contributed by atoms with Crippen LogP contribution in [-0.2, 0) is 6.54 Å². The minimum atomic E-state index is 0.584. The number of anilines is 1. The molecule has 0 aliphatic heterocycles. The van der Waals surface area contributed by atoms with Gasteiger partial charge in [-0.05, 0) is 31.6 Å². The average molecular weight is 249 g/mol. The summed E-state index contributed by atoms with van der Waals surface area (Å²) in [6.07, 6.45) is 5.19.